The largest absolute Gasteiger partial charge is 0.491 e. The van der Waals surface area contributed by atoms with E-state index in [-0.39, 0.29) is 11.9 Å². The summed E-state index contributed by atoms with van der Waals surface area (Å²) in [6, 6.07) is 4.81. The molecule has 0 aliphatic heterocycles. The van der Waals surface area contributed by atoms with Crippen LogP contribution in [0.1, 0.15) is 25.5 Å². The Labute approximate surface area is 102 Å². The summed E-state index contributed by atoms with van der Waals surface area (Å²) in [6.07, 6.45) is 0. The Bertz CT molecular complexity index is 344. The molecule has 0 amide bonds. The van der Waals surface area contributed by atoms with Crippen molar-refractivity contribution in [2.24, 2.45) is 0 Å². The molecule has 1 N–H and O–H groups in total. The normalized spacial score (nSPS) is 12.5. The highest BCUT2D eigenvalue weighted by molar-refractivity contribution is 5.37. The maximum Gasteiger partial charge on any atom is 0.131 e. The van der Waals surface area contributed by atoms with E-state index in [0.717, 1.165) is 6.54 Å². The molecule has 0 radical (unpaired) electrons. The van der Waals surface area contributed by atoms with Crippen LogP contribution in [0.3, 0.4) is 0 Å². The third-order valence-corrected chi connectivity index (χ3v) is 2.50. The van der Waals surface area contributed by atoms with Crippen molar-refractivity contribution in [2.75, 3.05) is 26.9 Å². The molecule has 0 heterocycles. The van der Waals surface area contributed by atoms with Gasteiger partial charge in [0.25, 0.3) is 0 Å². The third kappa shape index (κ3) is 3.98. The van der Waals surface area contributed by atoms with Gasteiger partial charge in [-0.3, -0.25) is 0 Å². The van der Waals surface area contributed by atoms with Crippen molar-refractivity contribution in [3.05, 3.63) is 29.6 Å². The second-order valence-corrected chi connectivity index (χ2v) is 3.77. The van der Waals surface area contributed by atoms with E-state index < -0.39 is 0 Å². The zero-order valence-electron chi connectivity index (χ0n) is 10.6. The van der Waals surface area contributed by atoms with Gasteiger partial charge in [0.15, 0.2) is 0 Å². The lowest BCUT2D eigenvalue weighted by Gasteiger charge is -2.18. The van der Waals surface area contributed by atoms with Gasteiger partial charge in [0.05, 0.1) is 6.61 Å². The van der Waals surface area contributed by atoms with E-state index in [2.05, 4.69) is 5.32 Å². The molecule has 0 aliphatic carbocycles. The first-order chi connectivity index (χ1) is 8.20. The van der Waals surface area contributed by atoms with Crippen molar-refractivity contribution >= 4 is 0 Å². The summed E-state index contributed by atoms with van der Waals surface area (Å²) in [6.45, 7) is 5.61. The molecule has 0 aromatic heterocycles. The first kappa shape index (κ1) is 13.9. The molecule has 4 heteroatoms. The van der Waals surface area contributed by atoms with Gasteiger partial charge in [-0.05, 0) is 25.6 Å². The highest BCUT2D eigenvalue weighted by Gasteiger charge is 2.15. The second-order valence-electron chi connectivity index (χ2n) is 3.77. The molecular weight excluding hydrogens is 221 g/mol. The quantitative estimate of drug-likeness (QED) is 0.744. The molecule has 1 rings (SSSR count). The molecule has 1 aromatic rings. The molecule has 0 bridgehead atoms. The number of hydrogen-bond donors (Lipinski definition) is 1. The van der Waals surface area contributed by atoms with Gasteiger partial charge in [-0.2, -0.15) is 0 Å². The van der Waals surface area contributed by atoms with E-state index >= 15 is 0 Å². The molecule has 0 fully saturated rings. The Hall–Kier alpha value is -1.13. The van der Waals surface area contributed by atoms with Crippen molar-refractivity contribution in [3.8, 4) is 5.75 Å². The highest BCUT2D eigenvalue weighted by atomic mass is 19.1. The van der Waals surface area contributed by atoms with Gasteiger partial charge >= 0.3 is 0 Å². The van der Waals surface area contributed by atoms with Gasteiger partial charge in [0.1, 0.15) is 18.2 Å². The van der Waals surface area contributed by atoms with Crippen LogP contribution in [0.25, 0.3) is 0 Å². The van der Waals surface area contributed by atoms with Gasteiger partial charge in [-0.15, -0.1) is 0 Å². The molecule has 0 saturated heterocycles. The van der Waals surface area contributed by atoms with Crippen LogP contribution in [0.2, 0.25) is 0 Å². The van der Waals surface area contributed by atoms with Crippen molar-refractivity contribution in [3.63, 3.8) is 0 Å². The number of benzene rings is 1. The van der Waals surface area contributed by atoms with Crippen LogP contribution < -0.4 is 10.1 Å². The van der Waals surface area contributed by atoms with Gasteiger partial charge in [0.2, 0.25) is 0 Å². The minimum atomic E-state index is -0.242. The van der Waals surface area contributed by atoms with E-state index in [1.807, 2.05) is 13.8 Å². The average molecular weight is 241 g/mol. The molecule has 3 nitrogen and oxygen atoms in total. The number of halogens is 1. The summed E-state index contributed by atoms with van der Waals surface area (Å²) in [4.78, 5) is 0. The van der Waals surface area contributed by atoms with Crippen molar-refractivity contribution in [1.29, 1.82) is 0 Å². The number of rotatable bonds is 7. The minimum absolute atomic E-state index is 0.0706. The monoisotopic (exact) mass is 241 g/mol. The molecule has 1 atom stereocenters. The maximum atomic E-state index is 13.8. The van der Waals surface area contributed by atoms with E-state index in [9.17, 15) is 4.39 Å². The molecule has 0 aliphatic rings. The lowest BCUT2D eigenvalue weighted by atomic mass is 10.1. The number of ether oxygens (including phenoxy) is 2. The first-order valence-electron chi connectivity index (χ1n) is 5.84. The fourth-order valence-electron chi connectivity index (χ4n) is 1.71. The Morgan fingerprint density at radius 1 is 1.35 bits per heavy atom. The predicted molar refractivity (Wildman–Crippen MR) is 65.9 cm³/mol. The van der Waals surface area contributed by atoms with Gasteiger partial charge in [-0.1, -0.05) is 13.0 Å². The van der Waals surface area contributed by atoms with Crippen LogP contribution in [0.5, 0.6) is 5.75 Å². The van der Waals surface area contributed by atoms with E-state index in [0.29, 0.717) is 24.5 Å². The smallest absolute Gasteiger partial charge is 0.131 e. The zero-order chi connectivity index (χ0) is 12.7. The summed E-state index contributed by atoms with van der Waals surface area (Å²) >= 11 is 0. The fourth-order valence-corrected chi connectivity index (χ4v) is 1.71. The van der Waals surface area contributed by atoms with Gasteiger partial charge in [-0.25, -0.2) is 4.39 Å². The average Bonchev–Trinajstić information content (AvgIpc) is 2.29. The molecule has 96 valence electrons. The summed E-state index contributed by atoms with van der Waals surface area (Å²) in [5.41, 5.74) is 0.574. The first-order valence-corrected chi connectivity index (χ1v) is 5.84. The summed E-state index contributed by atoms with van der Waals surface area (Å²) in [7, 11) is 1.61. The Balaban J connectivity index is 2.83. The van der Waals surface area contributed by atoms with Crippen LogP contribution in [0, 0.1) is 5.82 Å². The lowest BCUT2D eigenvalue weighted by Crippen LogP contribution is -2.20. The van der Waals surface area contributed by atoms with Gasteiger partial charge < -0.3 is 14.8 Å². The van der Waals surface area contributed by atoms with E-state index in [1.165, 1.54) is 6.07 Å². The van der Waals surface area contributed by atoms with E-state index in [4.69, 9.17) is 9.47 Å². The van der Waals surface area contributed by atoms with Gasteiger partial charge in [0, 0.05) is 18.7 Å². The van der Waals surface area contributed by atoms with Crippen molar-refractivity contribution < 1.29 is 13.9 Å². The Morgan fingerprint density at radius 3 is 2.76 bits per heavy atom. The van der Waals surface area contributed by atoms with Crippen LogP contribution in [0.4, 0.5) is 4.39 Å². The third-order valence-electron chi connectivity index (χ3n) is 2.50. The van der Waals surface area contributed by atoms with Crippen molar-refractivity contribution in [1.82, 2.24) is 5.32 Å². The Kier molecular flexibility index (Phi) is 5.94. The summed E-state index contributed by atoms with van der Waals surface area (Å²) in [5.74, 6) is 0.337. The standard InChI is InChI=1S/C13H20FNO2/c1-4-15-10(2)13-11(14)6-5-7-12(13)17-9-8-16-3/h5-7,10,15H,4,8-9H2,1-3H3. The van der Waals surface area contributed by atoms with Crippen LogP contribution in [-0.2, 0) is 4.74 Å². The number of hydrogen-bond acceptors (Lipinski definition) is 3. The maximum absolute atomic E-state index is 13.8. The predicted octanol–water partition coefficient (Wildman–Crippen LogP) is 2.52. The van der Waals surface area contributed by atoms with Crippen molar-refractivity contribution in [2.45, 2.75) is 19.9 Å². The molecular formula is C13H20FNO2. The highest BCUT2D eigenvalue weighted by Crippen LogP contribution is 2.27. The molecule has 1 aromatic carbocycles. The number of methoxy groups -OCH3 is 1. The summed E-state index contributed by atoms with van der Waals surface area (Å²) < 4.78 is 24.2. The summed E-state index contributed by atoms with van der Waals surface area (Å²) in [5, 5.41) is 3.18. The van der Waals surface area contributed by atoms with Crippen LogP contribution in [0.15, 0.2) is 18.2 Å². The Morgan fingerprint density at radius 2 is 2.12 bits per heavy atom. The fraction of sp³-hybridized carbons (Fsp3) is 0.538. The SMILES string of the molecule is CCNC(C)c1c(F)cccc1OCCOC. The molecule has 1 unspecified atom stereocenters. The second kappa shape index (κ2) is 7.25. The number of nitrogens with one attached hydrogen (secondary N) is 1. The molecule has 0 saturated carbocycles. The van der Waals surface area contributed by atoms with E-state index in [1.54, 1.807) is 19.2 Å². The minimum Gasteiger partial charge on any atom is -0.491 e. The van der Waals surface area contributed by atoms with Crippen LogP contribution in [-0.4, -0.2) is 26.9 Å². The molecule has 0 spiro atoms. The van der Waals surface area contributed by atoms with Crippen LogP contribution >= 0.6 is 0 Å². The molecule has 17 heavy (non-hydrogen) atoms. The zero-order valence-corrected chi connectivity index (χ0v) is 10.6. The topological polar surface area (TPSA) is 30.5 Å². The lowest BCUT2D eigenvalue weighted by molar-refractivity contribution is 0.145.